The molecule has 0 aliphatic carbocycles. The third-order valence-corrected chi connectivity index (χ3v) is 3.41. The van der Waals surface area contributed by atoms with E-state index >= 15 is 0 Å². The van der Waals surface area contributed by atoms with Crippen LogP contribution in [0, 0.1) is 32.8 Å². The Morgan fingerprint density at radius 3 is 2.19 bits per heavy atom. The maximum atomic E-state index is 12.4. The number of carbonyl (C=O) groups is 1. The molecule has 0 aliphatic rings. The minimum Gasteiger partial charge on any atom is -0.504 e. The van der Waals surface area contributed by atoms with Crippen LogP contribution in [-0.4, -0.2) is 15.9 Å². The summed E-state index contributed by atoms with van der Waals surface area (Å²) in [5.74, 6) is -1.27. The highest BCUT2D eigenvalue weighted by atomic mass is 16.6. The third-order valence-electron chi connectivity index (χ3n) is 3.41. The average Bonchev–Trinajstić information content (AvgIpc) is 2.69. The summed E-state index contributed by atoms with van der Waals surface area (Å²) in [6, 6.07) is 16.5. The smallest absolute Gasteiger partial charge is 0.269 e. The number of hydrogen-bond donors (Lipinski definition) is 2. The highest BCUT2D eigenvalue weighted by molar-refractivity contribution is 5.96. The number of aliphatic hydroxyl groups is 1. The Morgan fingerprint density at radius 2 is 1.67 bits per heavy atom. The SMILES string of the molecule is N#CC(C#N)=C(O)/C(=C\c1ccc([N+](=O)[O-])cc1)NC(=O)c1ccccc1. The number of nitro benzene ring substituents is 1. The molecule has 0 atom stereocenters. The van der Waals surface area contributed by atoms with Gasteiger partial charge in [0.15, 0.2) is 11.3 Å². The van der Waals surface area contributed by atoms with E-state index in [9.17, 15) is 20.0 Å². The quantitative estimate of drug-likeness (QED) is 0.276. The topological polar surface area (TPSA) is 140 Å². The van der Waals surface area contributed by atoms with Gasteiger partial charge >= 0.3 is 0 Å². The molecule has 0 spiro atoms. The zero-order valence-corrected chi connectivity index (χ0v) is 13.8. The maximum absolute atomic E-state index is 12.4. The van der Waals surface area contributed by atoms with Gasteiger partial charge in [-0.15, -0.1) is 0 Å². The van der Waals surface area contributed by atoms with Gasteiger partial charge in [0.2, 0.25) is 0 Å². The summed E-state index contributed by atoms with van der Waals surface area (Å²) in [6.07, 6.45) is 1.30. The molecule has 1 amide bonds. The molecule has 27 heavy (non-hydrogen) atoms. The molecule has 0 aliphatic heterocycles. The summed E-state index contributed by atoms with van der Waals surface area (Å²) in [7, 11) is 0. The number of allylic oxidation sites excluding steroid dienone is 1. The second-order valence-electron chi connectivity index (χ2n) is 5.17. The van der Waals surface area contributed by atoms with Crippen LogP contribution in [0.2, 0.25) is 0 Å². The predicted molar refractivity (Wildman–Crippen MR) is 95.9 cm³/mol. The van der Waals surface area contributed by atoms with Crippen LogP contribution in [-0.2, 0) is 0 Å². The molecule has 0 saturated heterocycles. The van der Waals surface area contributed by atoms with Crippen molar-refractivity contribution in [3.8, 4) is 12.1 Å². The van der Waals surface area contributed by atoms with Crippen LogP contribution in [0.1, 0.15) is 15.9 Å². The van der Waals surface area contributed by atoms with Crippen LogP contribution in [0.15, 0.2) is 71.6 Å². The number of nitro groups is 1. The lowest BCUT2D eigenvalue weighted by Gasteiger charge is -2.10. The van der Waals surface area contributed by atoms with Gasteiger partial charge in [-0.3, -0.25) is 14.9 Å². The lowest BCUT2D eigenvalue weighted by Crippen LogP contribution is -2.24. The average molecular weight is 360 g/mol. The lowest BCUT2D eigenvalue weighted by molar-refractivity contribution is -0.384. The van der Waals surface area contributed by atoms with Crippen molar-refractivity contribution in [1.82, 2.24) is 5.32 Å². The van der Waals surface area contributed by atoms with Gasteiger partial charge in [-0.25, -0.2) is 0 Å². The minimum absolute atomic E-state index is 0.128. The zero-order valence-electron chi connectivity index (χ0n) is 13.8. The Bertz CT molecular complexity index is 994. The summed E-state index contributed by atoms with van der Waals surface area (Å²) in [4.78, 5) is 22.5. The highest BCUT2D eigenvalue weighted by Crippen LogP contribution is 2.18. The Morgan fingerprint density at radius 1 is 1.07 bits per heavy atom. The summed E-state index contributed by atoms with van der Waals surface area (Å²) < 4.78 is 0. The first-order valence-corrected chi connectivity index (χ1v) is 7.52. The number of nitrogens with one attached hydrogen (secondary N) is 1. The van der Waals surface area contributed by atoms with Crippen LogP contribution in [0.4, 0.5) is 5.69 Å². The van der Waals surface area contributed by atoms with Gasteiger partial charge in [-0.1, -0.05) is 18.2 Å². The monoisotopic (exact) mass is 360 g/mol. The first kappa shape index (κ1) is 18.9. The number of aliphatic hydroxyl groups excluding tert-OH is 1. The number of benzene rings is 2. The molecule has 0 radical (unpaired) electrons. The predicted octanol–water partition coefficient (Wildman–Crippen LogP) is 3.22. The number of carbonyl (C=O) groups excluding carboxylic acids is 1. The summed E-state index contributed by atoms with van der Waals surface area (Å²) in [5, 5.41) is 41.3. The van der Waals surface area contributed by atoms with Crippen molar-refractivity contribution >= 4 is 17.7 Å². The van der Waals surface area contributed by atoms with E-state index in [2.05, 4.69) is 5.32 Å². The maximum Gasteiger partial charge on any atom is 0.269 e. The van der Waals surface area contributed by atoms with Crippen LogP contribution >= 0.6 is 0 Å². The Kier molecular flexibility index (Phi) is 6.02. The van der Waals surface area contributed by atoms with Gasteiger partial charge in [0.1, 0.15) is 12.1 Å². The Labute approximate surface area is 154 Å². The van der Waals surface area contributed by atoms with Gasteiger partial charge in [-0.05, 0) is 35.9 Å². The van der Waals surface area contributed by atoms with E-state index in [0.29, 0.717) is 11.1 Å². The molecule has 0 heterocycles. The molecule has 0 aromatic heterocycles. The van der Waals surface area contributed by atoms with Gasteiger partial charge in [0.05, 0.1) is 10.6 Å². The van der Waals surface area contributed by atoms with Gasteiger partial charge in [0, 0.05) is 17.7 Å². The van der Waals surface area contributed by atoms with E-state index in [1.165, 1.54) is 30.3 Å². The van der Waals surface area contributed by atoms with Crippen molar-refractivity contribution in [3.05, 3.63) is 92.9 Å². The number of amides is 1. The second kappa shape index (κ2) is 8.60. The second-order valence-corrected chi connectivity index (χ2v) is 5.17. The lowest BCUT2D eigenvalue weighted by atomic mass is 10.1. The van der Waals surface area contributed by atoms with Crippen molar-refractivity contribution in [2.75, 3.05) is 0 Å². The van der Waals surface area contributed by atoms with Crippen molar-refractivity contribution in [3.63, 3.8) is 0 Å². The van der Waals surface area contributed by atoms with Crippen molar-refractivity contribution in [2.45, 2.75) is 0 Å². The molecule has 132 valence electrons. The third kappa shape index (κ3) is 4.78. The van der Waals surface area contributed by atoms with Gasteiger partial charge < -0.3 is 10.4 Å². The molecule has 8 heteroatoms. The number of rotatable bonds is 5. The molecular weight excluding hydrogens is 348 g/mol. The first-order chi connectivity index (χ1) is 13.0. The Hall–Kier alpha value is -4.43. The molecule has 8 nitrogen and oxygen atoms in total. The van der Waals surface area contributed by atoms with Gasteiger partial charge in [0.25, 0.3) is 11.6 Å². The van der Waals surface area contributed by atoms with Crippen LogP contribution in [0.25, 0.3) is 6.08 Å². The molecule has 2 N–H and O–H groups in total. The van der Waals surface area contributed by atoms with E-state index in [1.807, 2.05) is 0 Å². The molecule has 2 aromatic carbocycles. The molecule has 0 saturated carbocycles. The van der Waals surface area contributed by atoms with E-state index in [4.69, 9.17) is 10.5 Å². The largest absolute Gasteiger partial charge is 0.504 e. The van der Waals surface area contributed by atoms with Gasteiger partial charge in [-0.2, -0.15) is 10.5 Å². The summed E-state index contributed by atoms with van der Waals surface area (Å²) in [6.45, 7) is 0. The normalized spacial score (nSPS) is 10.2. The summed E-state index contributed by atoms with van der Waals surface area (Å²) in [5.41, 5.74) is -0.190. The minimum atomic E-state index is -0.706. The molecule has 2 aromatic rings. The molecule has 0 unspecified atom stereocenters. The van der Waals surface area contributed by atoms with E-state index in [-0.39, 0.29) is 11.4 Å². The fourth-order valence-electron chi connectivity index (χ4n) is 2.07. The highest BCUT2D eigenvalue weighted by Gasteiger charge is 2.15. The first-order valence-electron chi connectivity index (χ1n) is 7.52. The van der Waals surface area contributed by atoms with Crippen LogP contribution in [0.3, 0.4) is 0 Å². The Balaban J connectivity index is 2.45. The molecular formula is C19H12N4O4. The van der Waals surface area contributed by atoms with Crippen molar-refractivity contribution < 1.29 is 14.8 Å². The molecule has 0 bridgehead atoms. The van der Waals surface area contributed by atoms with E-state index in [1.54, 1.807) is 42.5 Å². The van der Waals surface area contributed by atoms with Crippen molar-refractivity contribution in [1.29, 1.82) is 10.5 Å². The number of hydrogen-bond acceptors (Lipinski definition) is 6. The van der Waals surface area contributed by atoms with Crippen LogP contribution in [0.5, 0.6) is 0 Å². The number of nitriles is 2. The fraction of sp³-hybridized carbons (Fsp3) is 0. The fourth-order valence-corrected chi connectivity index (χ4v) is 2.07. The summed E-state index contributed by atoms with van der Waals surface area (Å²) >= 11 is 0. The molecule has 2 rings (SSSR count). The number of non-ortho nitro benzene ring substituents is 1. The zero-order chi connectivity index (χ0) is 19.8. The van der Waals surface area contributed by atoms with Crippen molar-refractivity contribution in [2.24, 2.45) is 0 Å². The van der Waals surface area contributed by atoms with Crippen LogP contribution < -0.4 is 5.32 Å². The van der Waals surface area contributed by atoms with E-state index in [0.717, 1.165) is 0 Å². The van der Waals surface area contributed by atoms with E-state index < -0.39 is 22.2 Å². The number of nitrogens with zero attached hydrogens (tertiary/aromatic N) is 3. The molecule has 0 fully saturated rings. The standard InChI is InChI=1S/C19H12N4O4/c20-11-15(12-21)18(24)17(22-19(25)14-4-2-1-3-5-14)10-13-6-8-16(9-7-13)23(26)27/h1-10,24H,(H,22,25)/b17-10+.